The highest BCUT2D eigenvalue weighted by atomic mass is 79.9. The summed E-state index contributed by atoms with van der Waals surface area (Å²) in [7, 11) is 1.65. The van der Waals surface area contributed by atoms with Crippen LogP contribution in [0.3, 0.4) is 0 Å². The lowest BCUT2D eigenvalue weighted by molar-refractivity contribution is -0.116. The highest BCUT2D eigenvalue weighted by molar-refractivity contribution is 9.10. The van der Waals surface area contributed by atoms with Gasteiger partial charge in [0.25, 0.3) is 0 Å². The molecule has 0 aliphatic heterocycles. The van der Waals surface area contributed by atoms with E-state index in [1.54, 1.807) is 7.11 Å². The van der Waals surface area contributed by atoms with Crippen molar-refractivity contribution in [3.05, 3.63) is 28.7 Å². The van der Waals surface area contributed by atoms with E-state index in [1.165, 1.54) is 0 Å². The van der Waals surface area contributed by atoms with Crippen molar-refractivity contribution in [2.24, 2.45) is 0 Å². The predicted octanol–water partition coefficient (Wildman–Crippen LogP) is 2.01. The van der Waals surface area contributed by atoms with Crippen molar-refractivity contribution in [2.45, 2.75) is 6.42 Å². The van der Waals surface area contributed by atoms with Crippen LogP contribution >= 0.6 is 15.9 Å². The van der Waals surface area contributed by atoms with Gasteiger partial charge in [-0.15, -0.1) is 0 Å². The fraction of sp³-hybridized carbons (Fsp3) is 0.417. The number of nitrogens with one attached hydrogen (secondary N) is 2. The number of hydrogen-bond donors (Lipinski definition) is 2. The molecule has 0 aromatic heterocycles. The second kappa shape index (κ2) is 8.22. The molecular weight excluding hydrogens is 284 g/mol. The topological polar surface area (TPSA) is 50.4 Å². The molecule has 0 atom stereocenters. The molecule has 0 heterocycles. The minimum atomic E-state index is 0.00168. The van der Waals surface area contributed by atoms with E-state index in [9.17, 15) is 4.79 Å². The molecule has 5 heteroatoms. The third kappa shape index (κ3) is 5.81. The molecule has 0 saturated carbocycles. The summed E-state index contributed by atoms with van der Waals surface area (Å²) >= 11 is 3.38. The summed E-state index contributed by atoms with van der Waals surface area (Å²) in [6, 6.07) is 7.55. The molecule has 1 aromatic carbocycles. The van der Waals surface area contributed by atoms with Gasteiger partial charge in [0.15, 0.2) is 0 Å². The van der Waals surface area contributed by atoms with E-state index in [0.717, 1.165) is 16.7 Å². The Labute approximate surface area is 110 Å². The molecule has 0 unspecified atom stereocenters. The Morgan fingerprint density at radius 1 is 1.35 bits per heavy atom. The largest absolute Gasteiger partial charge is 0.383 e. The van der Waals surface area contributed by atoms with E-state index >= 15 is 0 Å². The molecule has 0 saturated heterocycles. The van der Waals surface area contributed by atoms with Crippen molar-refractivity contribution in [1.29, 1.82) is 0 Å². The van der Waals surface area contributed by atoms with E-state index in [4.69, 9.17) is 4.74 Å². The first-order valence-corrected chi connectivity index (χ1v) is 6.27. The fourth-order valence-corrected chi connectivity index (χ4v) is 1.66. The summed E-state index contributed by atoms with van der Waals surface area (Å²) in [6.07, 6.45) is 0.449. The summed E-state index contributed by atoms with van der Waals surface area (Å²) in [5, 5.41) is 5.96. The van der Waals surface area contributed by atoms with Crippen molar-refractivity contribution in [3.63, 3.8) is 0 Å². The molecule has 1 aromatic rings. The van der Waals surface area contributed by atoms with Crippen LogP contribution in [0.1, 0.15) is 6.42 Å². The number of methoxy groups -OCH3 is 1. The number of benzene rings is 1. The van der Waals surface area contributed by atoms with Gasteiger partial charge in [0.2, 0.25) is 5.91 Å². The van der Waals surface area contributed by atoms with Crippen LogP contribution < -0.4 is 10.6 Å². The standard InChI is InChI=1S/C12H17BrN2O2/c1-17-9-8-14-7-6-12(16)15-11-5-3-2-4-10(11)13/h2-5,14H,6-9H2,1H3,(H,15,16). The van der Waals surface area contributed by atoms with Gasteiger partial charge >= 0.3 is 0 Å². The van der Waals surface area contributed by atoms with Gasteiger partial charge in [0.1, 0.15) is 0 Å². The van der Waals surface area contributed by atoms with Crippen LogP contribution in [-0.4, -0.2) is 32.7 Å². The maximum Gasteiger partial charge on any atom is 0.225 e. The first-order chi connectivity index (χ1) is 8.24. The predicted molar refractivity (Wildman–Crippen MR) is 72.1 cm³/mol. The second-order valence-corrected chi connectivity index (χ2v) is 4.38. The minimum absolute atomic E-state index is 0.00168. The number of rotatable bonds is 7. The lowest BCUT2D eigenvalue weighted by Gasteiger charge is -2.07. The van der Waals surface area contributed by atoms with E-state index < -0.39 is 0 Å². The highest BCUT2D eigenvalue weighted by Crippen LogP contribution is 2.21. The maximum atomic E-state index is 11.6. The lowest BCUT2D eigenvalue weighted by Crippen LogP contribution is -2.24. The van der Waals surface area contributed by atoms with E-state index in [0.29, 0.717) is 19.6 Å². The van der Waals surface area contributed by atoms with Crippen molar-refractivity contribution < 1.29 is 9.53 Å². The van der Waals surface area contributed by atoms with Crippen LogP contribution in [-0.2, 0) is 9.53 Å². The number of carbonyl (C=O) groups excluding carboxylic acids is 1. The Bertz CT molecular complexity index is 358. The lowest BCUT2D eigenvalue weighted by atomic mass is 10.3. The number of halogens is 1. The molecular formula is C12H17BrN2O2. The van der Waals surface area contributed by atoms with Crippen LogP contribution in [0.2, 0.25) is 0 Å². The Balaban J connectivity index is 2.23. The first-order valence-electron chi connectivity index (χ1n) is 5.48. The van der Waals surface area contributed by atoms with Gasteiger partial charge < -0.3 is 15.4 Å². The smallest absolute Gasteiger partial charge is 0.225 e. The van der Waals surface area contributed by atoms with Gasteiger partial charge in [-0.1, -0.05) is 12.1 Å². The Kier molecular flexibility index (Phi) is 6.84. The molecule has 17 heavy (non-hydrogen) atoms. The molecule has 0 radical (unpaired) electrons. The van der Waals surface area contributed by atoms with Crippen molar-refractivity contribution in [3.8, 4) is 0 Å². The Hall–Kier alpha value is -0.910. The van der Waals surface area contributed by atoms with Gasteiger partial charge in [0, 0.05) is 31.1 Å². The van der Waals surface area contributed by atoms with Gasteiger partial charge in [-0.3, -0.25) is 4.79 Å². The van der Waals surface area contributed by atoms with Gasteiger partial charge in [0.05, 0.1) is 12.3 Å². The molecule has 94 valence electrons. The van der Waals surface area contributed by atoms with E-state index in [2.05, 4.69) is 26.6 Å². The summed E-state index contributed by atoms with van der Waals surface area (Å²) in [6.45, 7) is 2.07. The summed E-state index contributed by atoms with van der Waals surface area (Å²) in [5.74, 6) is 0.00168. The zero-order valence-electron chi connectivity index (χ0n) is 9.83. The molecule has 2 N–H and O–H groups in total. The zero-order valence-corrected chi connectivity index (χ0v) is 11.4. The molecule has 0 fully saturated rings. The molecule has 0 aliphatic rings. The summed E-state index contributed by atoms with van der Waals surface area (Å²) in [4.78, 5) is 11.6. The van der Waals surface area contributed by atoms with Crippen LogP contribution in [0.15, 0.2) is 28.7 Å². The number of amides is 1. The van der Waals surface area contributed by atoms with E-state index in [-0.39, 0.29) is 5.91 Å². The molecule has 4 nitrogen and oxygen atoms in total. The Morgan fingerprint density at radius 2 is 2.12 bits per heavy atom. The minimum Gasteiger partial charge on any atom is -0.383 e. The quantitative estimate of drug-likeness (QED) is 0.758. The Morgan fingerprint density at radius 3 is 2.82 bits per heavy atom. The van der Waals surface area contributed by atoms with Crippen molar-refractivity contribution >= 4 is 27.5 Å². The summed E-state index contributed by atoms with van der Waals surface area (Å²) in [5.41, 5.74) is 0.800. The third-order valence-corrected chi connectivity index (χ3v) is 2.85. The van der Waals surface area contributed by atoms with Crippen LogP contribution in [0.25, 0.3) is 0 Å². The van der Waals surface area contributed by atoms with Crippen LogP contribution in [0.4, 0.5) is 5.69 Å². The normalized spacial score (nSPS) is 10.2. The van der Waals surface area contributed by atoms with Crippen molar-refractivity contribution in [1.82, 2.24) is 5.32 Å². The average molecular weight is 301 g/mol. The monoisotopic (exact) mass is 300 g/mol. The van der Waals surface area contributed by atoms with Gasteiger partial charge in [-0.2, -0.15) is 0 Å². The van der Waals surface area contributed by atoms with Gasteiger partial charge in [-0.25, -0.2) is 0 Å². The first kappa shape index (κ1) is 14.2. The maximum absolute atomic E-state index is 11.6. The highest BCUT2D eigenvalue weighted by Gasteiger charge is 2.04. The third-order valence-electron chi connectivity index (χ3n) is 2.16. The van der Waals surface area contributed by atoms with Gasteiger partial charge in [-0.05, 0) is 28.1 Å². The fourth-order valence-electron chi connectivity index (χ4n) is 1.28. The average Bonchev–Trinajstić information content (AvgIpc) is 2.32. The zero-order chi connectivity index (χ0) is 12.5. The molecule has 0 aliphatic carbocycles. The molecule has 0 bridgehead atoms. The molecule has 1 amide bonds. The number of ether oxygens (including phenoxy) is 1. The number of carbonyl (C=O) groups is 1. The summed E-state index contributed by atoms with van der Waals surface area (Å²) < 4.78 is 5.78. The number of hydrogen-bond acceptors (Lipinski definition) is 3. The number of anilines is 1. The molecule has 1 rings (SSSR count). The van der Waals surface area contributed by atoms with Crippen molar-refractivity contribution in [2.75, 3.05) is 32.1 Å². The SMILES string of the molecule is COCCNCCC(=O)Nc1ccccc1Br. The van der Waals surface area contributed by atoms with Crippen LogP contribution in [0.5, 0.6) is 0 Å². The van der Waals surface area contributed by atoms with Crippen LogP contribution in [0, 0.1) is 0 Å². The number of para-hydroxylation sites is 1. The second-order valence-electron chi connectivity index (χ2n) is 3.52. The van der Waals surface area contributed by atoms with E-state index in [1.807, 2.05) is 24.3 Å². The molecule has 0 spiro atoms.